The summed E-state index contributed by atoms with van der Waals surface area (Å²) in [6.07, 6.45) is 7.33. The zero-order valence-electron chi connectivity index (χ0n) is 13.3. The van der Waals surface area contributed by atoms with Crippen molar-refractivity contribution in [3.8, 4) is 0 Å². The van der Waals surface area contributed by atoms with E-state index in [1.807, 2.05) is 6.07 Å². The molecule has 4 heterocycles. The molecule has 22 heavy (non-hydrogen) atoms. The van der Waals surface area contributed by atoms with Crippen LogP contribution >= 0.6 is 0 Å². The molecule has 116 valence electrons. The number of aromatic nitrogens is 3. The molecule has 2 fully saturated rings. The fraction of sp³-hybridized carbons (Fsp3) is 0.588. The summed E-state index contributed by atoms with van der Waals surface area (Å²) in [4.78, 5) is 18.5. The third kappa shape index (κ3) is 2.33. The fourth-order valence-electron chi connectivity index (χ4n) is 4.18. The normalized spacial score (nSPS) is 25.9. The molecule has 0 aromatic carbocycles. The average Bonchev–Trinajstić information content (AvgIpc) is 2.81. The van der Waals surface area contributed by atoms with Crippen LogP contribution in [0.5, 0.6) is 0 Å². The van der Waals surface area contributed by atoms with Gasteiger partial charge in [0.1, 0.15) is 11.3 Å². The molecule has 0 spiro atoms. The summed E-state index contributed by atoms with van der Waals surface area (Å²) in [7, 11) is 0. The number of pyridine rings is 1. The van der Waals surface area contributed by atoms with Crippen LogP contribution in [0.3, 0.4) is 0 Å². The number of hydrogen-bond acceptors (Lipinski definition) is 5. The van der Waals surface area contributed by atoms with Gasteiger partial charge in [0.05, 0.1) is 0 Å². The summed E-state index contributed by atoms with van der Waals surface area (Å²) in [6, 6.07) is 6.17. The van der Waals surface area contributed by atoms with E-state index in [9.17, 15) is 0 Å². The summed E-state index contributed by atoms with van der Waals surface area (Å²) < 4.78 is 0. The molecule has 2 saturated heterocycles. The van der Waals surface area contributed by atoms with Gasteiger partial charge >= 0.3 is 0 Å². The van der Waals surface area contributed by atoms with Crippen LogP contribution in [0.1, 0.15) is 33.1 Å². The lowest BCUT2D eigenvalue weighted by atomic mass is 10.1. The van der Waals surface area contributed by atoms with Crippen molar-refractivity contribution in [2.45, 2.75) is 51.2 Å². The molecular formula is C17H23N5. The van der Waals surface area contributed by atoms with E-state index < -0.39 is 0 Å². The summed E-state index contributed by atoms with van der Waals surface area (Å²) >= 11 is 0. The number of anilines is 1. The second-order valence-corrected chi connectivity index (χ2v) is 6.73. The van der Waals surface area contributed by atoms with Crippen molar-refractivity contribution in [3.63, 3.8) is 0 Å². The van der Waals surface area contributed by atoms with E-state index in [1.165, 1.54) is 19.3 Å². The van der Waals surface area contributed by atoms with Gasteiger partial charge in [-0.2, -0.15) is 0 Å². The van der Waals surface area contributed by atoms with E-state index in [4.69, 9.17) is 4.98 Å². The van der Waals surface area contributed by atoms with Crippen molar-refractivity contribution in [2.24, 2.45) is 0 Å². The Hall–Kier alpha value is -1.75. The Morgan fingerprint density at radius 3 is 2.73 bits per heavy atom. The largest absolute Gasteiger partial charge is 0.355 e. The van der Waals surface area contributed by atoms with Gasteiger partial charge in [0.2, 0.25) is 0 Å². The SMILES string of the molecule is CC(C)N1[C@H]2CC[C@H]1CN(c1ccc3nccnc3n1)CC2. The zero-order chi connectivity index (χ0) is 15.1. The Kier molecular flexibility index (Phi) is 3.45. The number of fused-ring (bicyclic) bond motifs is 3. The lowest BCUT2D eigenvalue weighted by Gasteiger charge is -2.32. The van der Waals surface area contributed by atoms with Gasteiger partial charge in [-0.3, -0.25) is 9.88 Å². The molecule has 0 N–H and O–H groups in total. The summed E-state index contributed by atoms with van der Waals surface area (Å²) in [6.45, 7) is 6.81. The highest BCUT2D eigenvalue weighted by molar-refractivity contribution is 5.71. The fourth-order valence-corrected chi connectivity index (χ4v) is 4.18. The van der Waals surface area contributed by atoms with Crippen LogP contribution in [0, 0.1) is 0 Å². The van der Waals surface area contributed by atoms with Gasteiger partial charge in [0, 0.05) is 43.6 Å². The highest BCUT2D eigenvalue weighted by Crippen LogP contribution is 2.33. The first kappa shape index (κ1) is 13.9. The van der Waals surface area contributed by atoms with Gasteiger partial charge < -0.3 is 4.90 Å². The first-order valence-corrected chi connectivity index (χ1v) is 8.32. The minimum Gasteiger partial charge on any atom is -0.355 e. The maximum atomic E-state index is 4.73. The van der Waals surface area contributed by atoms with Gasteiger partial charge in [-0.05, 0) is 45.2 Å². The van der Waals surface area contributed by atoms with Crippen molar-refractivity contribution < 1.29 is 0 Å². The monoisotopic (exact) mass is 297 g/mol. The quantitative estimate of drug-likeness (QED) is 0.852. The molecule has 0 radical (unpaired) electrons. The zero-order valence-corrected chi connectivity index (χ0v) is 13.3. The number of nitrogens with zero attached hydrogens (tertiary/aromatic N) is 5. The van der Waals surface area contributed by atoms with Crippen molar-refractivity contribution in [1.82, 2.24) is 19.9 Å². The van der Waals surface area contributed by atoms with E-state index in [2.05, 4.69) is 39.7 Å². The topological polar surface area (TPSA) is 45.2 Å². The minimum atomic E-state index is 0.632. The molecule has 0 aliphatic carbocycles. The molecular weight excluding hydrogens is 274 g/mol. The minimum absolute atomic E-state index is 0.632. The van der Waals surface area contributed by atoms with Crippen LogP contribution < -0.4 is 4.90 Å². The van der Waals surface area contributed by atoms with Gasteiger partial charge in [-0.25, -0.2) is 9.97 Å². The van der Waals surface area contributed by atoms with Crippen LogP contribution in [-0.4, -0.2) is 51.1 Å². The van der Waals surface area contributed by atoms with E-state index in [0.717, 1.165) is 36.1 Å². The second kappa shape index (κ2) is 5.47. The lowest BCUT2D eigenvalue weighted by molar-refractivity contribution is 0.158. The number of hydrogen-bond donors (Lipinski definition) is 0. The van der Waals surface area contributed by atoms with Gasteiger partial charge in [-0.15, -0.1) is 0 Å². The van der Waals surface area contributed by atoms with E-state index in [0.29, 0.717) is 12.1 Å². The third-order valence-corrected chi connectivity index (χ3v) is 5.08. The first-order chi connectivity index (χ1) is 10.7. The Labute approximate surface area is 131 Å². The summed E-state index contributed by atoms with van der Waals surface area (Å²) in [5, 5.41) is 0. The highest BCUT2D eigenvalue weighted by atomic mass is 15.3. The van der Waals surface area contributed by atoms with Crippen molar-refractivity contribution >= 4 is 17.0 Å². The molecule has 2 bridgehead atoms. The number of rotatable bonds is 2. The van der Waals surface area contributed by atoms with Gasteiger partial charge in [0.15, 0.2) is 5.65 Å². The molecule has 2 aliphatic heterocycles. The Morgan fingerprint density at radius 2 is 1.86 bits per heavy atom. The molecule has 0 unspecified atom stereocenters. The molecule has 5 heteroatoms. The maximum Gasteiger partial charge on any atom is 0.180 e. The molecule has 2 aliphatic rings. The molecule has 4 rings (SSSR count). The Bertz CT molecular complexity index is 671. The molecule has 2 aromatic heterocycles. The Balaban J connectivity index is 1.62. The molecule has 0 amide bonds. The highest BCUT2D eigenvalue weighted by Gasteiger charge is 2.38. The third-order valence-electron chi connectivity index (χ3n) is 5.08. The van der Waals surface area contributed by atoms with Crippen LogP contribution in [0.25, 0.3) is 11.2 Å². The van der Waals surface area contributed by atoms with Crippen LogP contribution in [0.15, 0.2) is 24.5 Å². The standard InChI is InChI=1S/C17H23N5/c1-12(2)22-13-3-4-14(22)11-21(10-7-13)16-6-5-15-17(20-16)19-9-8-18-15/h5-6,8-9,12-14H,3-4,7,10-11H2,1-2H3/t13-,14-/m0/s1. The maximum absolute atomic E-state index is 4.73. The van der Waals surface area contributed by atoms with Crippen molar-refractivity contribution in [3.05, 3.63) is 24.5 Å². The van der Waals surface area contributed by atoms with Crippen LogP contribution in [0.2, 0.25) is 0 Å². The van der Waals surface area contributed by atoms with E-state index >= 15 is 0 Å². The molecule has 5 nitrogen and oxygen atoms in total. The predicted octanol–water partition coefficient (Wildman–Crippen LogP) is 2.48. The molecule has 2 atom stereocenters. The summed E-state index contributed by atoms with van der Waals surface area (Å²) in [5.74, 6) is 1.05. The van der Waals surface area contributed by atoms with E-state index in [1.54, 1.807) is 12.4 Å². The van der Waals surface area contributed by atoms with Crippen molar-refractivity contribution in [1.29, 1.82) is 0 Å². The average molecular weight is 297 g/mol. The second-order valence-electron chi connectivity index (χ2n) is 6.73. The van der Waals surface area contributed by atoms with Crippen molar-refractivity contribution in [2.75, 3.05) is 18.0 Å². The molecule has 0 saturated carbocycles. The van der Waals surface area contributed by atoms with Crippen LogP contribution in [0.4, 0.5) is 5.82 Å². The lowest BCUT2D eigenvalue weighted by Crippen LogP contribution is -2.43. The Morgan fingerprint density at radius 1 is 1.05 bits per heavy atom. The van der Waals surface area contributed by atoms with Crippen LogP contribution in [-0.2, 0) is 0 Å². The van der Waals surface area contributed by atoms with Gasteiger partial charge in [0.25, 0.3) is 0 Å². The summed E-state index contributed by atoms with van der Waals surface area (Å²) in [5.41, 5.74) is 1.61. The molecule has 2 aromatic rings. The smallest absolute Gasteiger partial charge is 0.180 e. The predicted molar refractivity (Wildman–Crippen MR) is 87.9 cm³/mol. The van der Waals surface area contributed by atoms with E-state index in [-0.39, 0.29) is 0 Å². The van der Waals surface area contributed by atoms with Gasteiger partial charge in [-0.1, -0.05) is 0 Å². The first-order valence-electron chi connectivity index (χ1n) is 8.32.